The number of hydrogen-bond donors (Lipinski definition) is 1. The second kappa shape index (κ2) is 7.84. The van der Waals surface area contributed by atoms with Crippen LogP contribution in [0.15, 0.2) is 42.7 Å². The maximum Gasteiger partial charge on any atom is 0.496 e. The first-order valence-corrected chi connectivity index (χ1v) is 10.2. The minimum absolute atomic E-state index is 0.148. The van der Waals surface area contributed by atoms with Crippen LogP contribution in [0.1, 0.15) is 47.1 Å². The van der Waals surface area contributed by atoms with Crippen molar-refractivity contribution in [2.45, 2.75) is 58.3 Å². The molecule has 0 atom stereocenters. The van der Waals surface area contributed by atoms with Gasteiger partial charge in [0.2, 0.25) is 0 Å². The van der Waals surface area contributed by atoms with Crippen molar-refractivity contribution in [1.29, 1.82) is 0 Å². The quantitative estimate of drug-likeness (QED) is 0.760. The Balaban J connectivity index is 1.83. The first-order chi connectivity index (χ1) is 13.5. The van der Waals surface area contributed by atoms with Gasteiger partial charge in [-0.1, -0.05) is 30.3 Å². The van der Waals surface area contributed by atoms with Crippen LogP contribution in [0, 0.1) is 0 Å². The number of likely N-dealkylation sites (N-methyl/N-ethyl adjacent to an activating group) is 1. The fraction of sp³-hybridized carbons (Fsp3) is 0.522. The van der Waals surface area contributed by atoms with Crippen LogP contribution in [0.25, 0.3) is 11.1 Å². The molecule has 2 heterocycles. The molecule has 29 heavy (non-hydrogen) atoms. The van der Waals surface area contributed by atoms with Gasteiger partial charge in [-0.05, 0) is 65.3 Å². The Kier molecular flexibility index (Phi) is 5.94. The molecule has 3 rings (SSSR count). The highest BCUT2D eigenvalue weighted by molar-refractivity contribution is 6.62. The van der Waals surface area contributed by atoms with E-state index in [4.69, 9.17) is 9.31 Å². The molecule has 156 valence electrons. The van der Waals surface area contributed by atoms with Crippen LogP contribution in [0.2, 0.25) is 0 Å². The number of aliphatic hydroxyl groups excluding tert-OH is 1. The average Bonchev–Trinajstić information content (AvgIpc) is 2.89. The van der Waals surface area contributed by atoms with Crippen molar-refractivity contribution in [2.24, 2.45) is 0 Å². The van der Waals surface area contributed by atoms with E-state index in [-0.39, 0.29) is 23.3 Å². The lowest BCUT2D eigenvalue weighted by Crippen LogP contribution is -2.41. The molecular weight excluding hydrogens is 363 g/mol. The Morgan fingerprint density at radius 2 is 1.59 bits per heavy atom. The zero-order valence-corrected chi connectivity index (χ0v) is 18.7. The van der Waals surface area contributed by atoms with Crippen LogP contribution in [0.3, 0.4) is 0 Å². The molecule has 6 heteroatoms. The van der Waals surface area contributed by atoms with Crippen LogP contribution >= 0.6 is 0 Å². The Bertz CT molecular complexity index is 833. The molecule has 0 unspecified atom stereocenters. The number of aromatic nitrogens is 1. The van der Waals surface area contributed by atoms with Crippen molar-refractivity contribution < 1.29 is 14.4 Å². The van der Waals surface area contributed by atoms with E-state index < -0.39 is 7.12 Å². The van der Waals surface area contributed by atoms with Gasteiger partial charge in [-0.3, -0.25) is 9.88 Å². The minimum Gasteiger partial charge on any atom is -0.399 e. The summed E-state index contributed by atoms with van der Waals surface area (Å²) in [5.74, 6) is 0. The summed E-state index contributed by atoms with van der Waals surface area (Å²) >= 11 is 0. The third-order valence-electron chi connectivity index (χ3n) is 6.60. The highest BCUT2D eigenvalue weighted by Gasteiger charge is 2.51. The van der Waals surface area contributed by atoms with Crippen LogP contribution in [-0.2, 0) is 14.8 Å². The Labute approximate surface area is 175 Å². The van der Waals surface area contributed by atoms with Crippen LogP contribution < -0.4 is 5.46 Å². The van der Waals surface area contributed by atoms with Gasteiger partial charge in [0.05, 0.1) is 17.8 Å². The van der Waals surface area contributed by atoms with Gasteiger partial charge in [0, 0.05) is 29.9 Å². The first kappa shape index (κ1) is 22.0. The van der Waals surface area contributed by atoms with Crippen molar-refractivity contribution in [2.75, 3.05) is 20.2 Å². The lowest BCUT2D eigenvalue weighted by atomic mass is 9.79. The van der Waals surface area contributed by atoms with Crippen LogP contribution in [0.5, 0.6) is 0 Å². The van der Waals surface area contributed by atoms with Crippen molar-refractivity contribution in [3.8, 4) is 11.1 Å². The maximum absolute atomic E-state index is 9.25. The van der Waals surface area contributed by atoms with E-state index in [0.717, 1.165) is 16.6 Å². The lowest BCUT2D eigenvalue weighted by molar-refractivity contribution is 0.00578. The Morgan fingerprint density at radius 3 is 2.14 bits per heavy atom. The SMILES string of the molecule is CN(CCO)C(C)(C)c1ccc(-c2cncc(B3OC(C)(C)C(C)(C)O3)c2)cc1. The Morgan fingerprint density at radius 1 is 1.00 bits per heavy atom. The summed E-state index contributed by atoms with van der Waals surface area (Å²) in [6.07, 6.45) is 3.68. The molecule has 0 aliphatic carbocycles. The van der Waals surface area contributed by atoms with Gasteiger partial charge in [-0.25, -0.2) is 0 Å². The molecule has 0 saturated carbocycles. The summed E-state index contributed by atoms with van der Waals surface area (Å²) in [5, 5.41) is 9.25. The number of pyridine rings is 1. The van der Waals surface area contributed by atoms with Crippen molar-refractivity contribution >= 4 is 12.6 Å². The second-order valence-electron chi connectivity index (χ2n) is 9.38. The predicted molar refractivity (Wildman–Crippen MR) is 118 cm³/mol. The van der Waals surface area contributed by atoms with E-state index in [9.17, 15) is 5.11 Å². The number of hydrogen-bond acceptors (Lipinski definition) is 5. The molecule has 2 aromatic rings. The molecule has 1 aliphatic heterocycles. The highest BCUT2D eigenvalue weighted by atomic mass is 16.7. The third-order valence-corrected chi connectivity index (χ3v) is 6.60. The van der Waals surface area contributed by atoms with E-state index in [2.05, 4.69) is 81.8 Å². The second-order valence-corrected chi connectivity index (χ2v) is 9.38. The smallest absolute Gasteiger partial charge is 0.399 e. The van der Waals surface area contributed by atoms with E-state index in [1.165, 1.54) is 5.56 Å². The van der Waals surface area contributed by atoms with Gasteiger partial charge in [-0.2, -0.15) is 0 Å². The van der Waals surface area contributed by atoms with Crippen molar-refractivity contribution in [3.63, 3.8) is 0 Å². The molecule has 1 saturated heterocycles. The zero-order chi connectivity index (χ0) is 21.4. The number of aliphatic hydroxyl groups is 1. The standard InChI is InChI=1S/C23H33BN2O3/c1-21(2,26(7)12-13-27)19-10-8-17(9-11-19)18-14-20(16-25-15-18)24-28-22(3,4)23(5,6)29-24/h8-11,14-16,27H,12-13H2,1-7H3. The normalized spacial score (nSPS) is 18.4. The molecule has 0 radical (unpaired) electrons. The summed E-state index contributed by atoms with van der Waals surface area (Å²) in [6, 6.07) is 10.6. The molecule has 1 N–H and O–H groups in total. The van der Waals surface area contributed by atoms with Gasteiger partial charge < -0.3 is 14.4 Å². The molecule has 0 amide bonds. The van der Waals surface area contributed by atoms with Gasteiger partial charge in [0.25, 0.3) is 0 Å². The monoisotopic (exact) mass is 396 g/mol. The molecule has 0 spiro atoms. The molecule has 5 nitrogen and oxygen atoms in total. The third kappa shape index (κ3) is 4.26. The fourth-order valence-corrected chi connectivity index (χ4v) is 3.44. The molecule has 1 aliphatic rings. The number of benzene rings is 1. The minimum atomic E-state index is -0.419. The van der Waals surface area contributed by atoms with Gasteiger partial charge in [-0.15, -0.1) is 0 Å². The molecule has 1 aromatic carbocycles. The lowest BCUT2D eigenvalue weighted by Gasteiger charge is -2.36. The van der Waals surface area contributed by atoms with E-state index >= 15 is 0 Å². The number of rotatable bonds is 6. The van der Waals surface area contributed by atoms with Gasteiger partial charge in [0.1, 0.15) is 0 Å². The summed E-state index contributed by atoms with van der Waals surface area (Å²) in [4.78, 5) is 6.58. The van der Waals surface area contributed by atoms with Crippen molar-refractivity contribution in [3.05, 3.63) is 48.3 Å². The average molecular weight is 396 g/mol. The van der Waals surface area contributed by atoms with E-state index in [1.807, 2.05) is 19.4 Å². The van der Waals surface area contributed by atoms with Gasteiger partial charge in [0.15, 0.2) is 0 Å². The summed E-state index contributed by atoms with van der Waals surface area (Å²) in [6.45, 7) is 13.3. The topological polar surface area (TPSA) is 54.8 Å². The predicted octanol–water partition coefficient (Wildman–Crippen LogP) is 3.21. The van der Waals surface area contributed by atoms with E-state index in [1.54, 1.807) is 0 Å². The number of nitrogens with zero attached hydrogens (tertiary/aromatic N) is 2. The summed E-state index contributed by atoms with van der Waals surface area (Å²) in [5.41, 5.74) is 3.35. The van der Waals surface area contributed by atoms with Crippen molar-refractivity contribution in [1.82, 2.24) is 9.88 Å². The molecular formula is C23H33BN2O3. The molecule has 0 bridgehead atoms. The van der Waals surface area contributed by atoms with E-state index in [0.29, 0.717) is 6.54 Å². The fourth-order valence-electron chi connectivity index (χ4n) is 3.44. The zero-order valence-electron chi connectivity index (χ0n) is 18.7. The first-order valence-electron chi connectivity index (χ1n) is 10.2. The summed E-state index contributed by atoms with van der Waals surface area (Å²) in [7, 11) is 1.61. The van der Waals surface area contributed by atoms with Gasteiger partial charge >= 0.3 is 7.12 Å². The molecule has 1 fully saturated rings. The summed E-state index contributed by atoms with van der Waals surface area (Å²) < 4.78 is 12.3. The largest absolute Gasteiger partial charge is 0.496 e. The van der Waals surface area contributed by atoms with Crippen LogP contribution in [0.4, 0.5) is 0 Å². The van der Waals surface area contributed by atoms with Crippen LogP contribution in [-0.4, -0.2) is 53.5 Å². The highest BCUT2D eigenvalue weighted by Crippen LogP contribution is 2.36. The maximum atomic E-state index is 9.25. The Hall–Kier alpha value is -1.73. The molecule has 1 aromatic heterocycles.